The van der Waals surface area contributed by atoms with E-state index in [0.29, 0.717) is 0 Å². The molecule has 3 atom stereocenters. The number of carbonyl (C=O) groups is 4. The summed E-state index contributed by atoms with van der Waals surface area (Å²) in [4.78, 5) is 50.9. The molecule has 0 aliphatic heterocycles. The number of methoxy groups -OCH3 is 1. The Labute approximate surface area is 148 Å². The zero-order valence-corrected chi connectivity index (χ0v) is 14.3. The number of hydrogen-bond acceptors (Lipinski definition) is 8. The normalized spacial score (nSPS) is 30.5. The van der Waals surface area contributed by atoms with E-state index < -0.39 is 40.4 Å². The van der Waals surface area contributed by atoms with Gasteiger partial charge in [0.1, 0.15) is 5.75 Å². The number of ether oxygens (including phenoxy) is 2. The van der Waals surface area contributed by atoms with E-state index in [1.807, 2.05) is 0 Å². The molecule has 0 spiro atoms. The van der Waals surface area contributed by atoms with Crippen molar-refractivity contribution in [1.29, 1.82) is 0 Å². The fourth-order valence-electron chi connectivity index (χ4n) is 3.79. The topological polar surface area (TPSA) is 127 Å². The van der Waals surface area contributed by atoms with Crippen molar-refractivity contribution in [3.05, 3.63) is 29.3 Å². The summed E-state index contributed by atoms with van der Waals surface area (Å²) < 4.78 is 9.95. The number of carbonyl (C=O) groups excluding carboxylic acids is 4. The molecule has 1 aromatic rings. The summed E-state index contributed by atoms with van der Waals surface area (Å²) in [5.41, 5.74) is -6.50. The molecule has 0 aromatic heterocycles. The monoisotopic (exact) mass is 362 g/mol. The van der Waals surface area contributed by atoms with Gasteiger partial charge in [-0.05, 0) is 19.4 Å². The van der Waals surface area contributed by atoms with E-state index in [1.165, 1.54) is 32.2 Å². The predicted octanol–water partition coefficient (Wildman–Crippen LogP) is 0.0786. The molecule has 8 nitrogen and oxygen atoms in total. The summed E-state index contributed by atoms with van der Waals surface area (Å²) in [6.07, 6.45) is -0.569. The van der Waals surface area contributed by atoms with Crippen LogP contribution in [0.25, 0.3) is 0 Å². The van der Waals surface area contributed by atoms with E-state index in [9.17, 15) is 29.4 Å². The minimum atomic E-state index is -3.07. The van der Waals surface area contributed by atoms with Crippen LogP contribution in [0.2, 0.25) is 0 Å². The van der Waals surface area contributed by atoms with Gasteiger partial charge >= 0.3 is 5.97 Å². The van der Waals surface area contributed by atoms with Crippen LogP contribution in [-0.2, 0) is 14.3 Å². The average molecular weight is 362 g/mol. The highest BCUT2D eigenvalue weighted by atomic mass is 16.5. The molecule has 1 fully saturated rings. The summed E-state index contributed by atoms with van der Waals surface area (Å²) in [7, 11) is 1.27. The third-order valence-corrected chi connectivity index (χ3v) is 5.08. The summed E-state index contributed by atoms with van der Waals surface area (Å²) in [6.45, 7) is 1.51. The van der Waals surface area contributed by atoms with Gasteiger partial charge in [0.2, 0.25) is 11.4 Å². The van der Waals surface area contributed by atoms with E-state index in [2.05, 4.69) is 0 Å². The second-order valence-electron chi connectivity index (χ2n) is 6.28. The van der Waals surface area contributed by atoms with E-state index >= 15 is 0 Å². The molecular weight excluding hydrogens is 344 g/mol. The molecule has 0 radical (unpaired) electrons. The van der Waals surface area contributed by atoms with Gasteiger partial charge in [-0.1, -0.05) is 12.1 Å². The van der Waals surface area contributed by atoms with Gasteiger partial charge in [-0.3, -0.25) is 19.2 Å². The Morgan fingerprint density at radius 3 is 2.54 bits per heavy atom. The van der Waals surface area contributed by atoms with E-state index in [4.69, 9.17) is 9.47 Å². The van der Waals surface area contributed by atoms with Crippen molar-refractivity contribution in [1.82, 2.24) is 0 Å². The van der Waals surface area contributed by atoms with Crippen molar-refractivity contribution in [2.24, 2.45) is 5.92 Å². The first-order valence-electron chi connectivity index (χ1n) is 8.16. The van der Waals surface area contributed by atoms with Crippen LogP contribution in [0.15, 0.2) is 18.2 Å². The fraction of sp³-hybridized carbons (Fsp3) is 0.444. The van der Waals surface area contributed by atoms with E-state index in [-0.39, 0.29) is 36.3 Å². The third kappa shape index (κ3) is 2.02. The second kappa shape index (κ2) is 6.00. The van der Waals surface area contributed by atoms with Gasteiger partial charge < -0.3 is 19.7 Å². The highest BCUT2D eigenvalue weighted by Crippen LogP contribution is 2.49. The molecule has 3 rings (SSSR count). The summed E-state index contributed by atoms with van der Waals surface area (Å²) in [5.74, 6) is -5.77. The maximum Gasteiger partial charge on any atom is 0.312 e. The van der Waals surface area contributed by atoms with Crippen LogP contribution in [-0.4, -0.2) is 58.5 Å². The smallest absolute Gasteiger partial charge is 0.312 e. The van der Waals surface area contributed by atoms with Gasteiger partial charge in [-0.2, -0.15) is 0 Å². The number of hydrogen-bond donors (Lipinski definition) is 2. The number of esters is 1. The number of benzene rings is 1. The van der Waals surface area contributed by atoms with Crippen LogP contribution >= 0.6 is 0 Å². The minimum absolute atomic E-state index is 0.0117. The highest BCUT2D eigenvalue weighted by molar-refractivity contribution is 6.32. The standard InChI is InChI=1S/C18H18O8/c1-3-26-16(22)10-7-8-12(19)18(24)15(21)13-9(14(20)17(10,18)23)5-4-6-11(13)25-2/h4-6,10,23-24H,3,7-8H2,1-2H3/t10-,17-,18+/m0/s1. The van der Waals surface area contributed by atoms with Crippen molar-refractivity contribution in [3.8, 4) is 5.75 Å². The van der Waals surface area contributed by atoms with Gasteiger partial charge in [0, 0.05) is 12.0 Å². The van der Waals surface area contributed by atoms with Gasteiger partial charge in [0.25, 0.3) is 0 Å². The van der Waals surface area contributed by atoms with Crippen LogP contribution in [0.5, 0.6) is 5.75 Å². The molecule has 0 saturated heterocycles. The lowest BCUT2D eigenvalue weighted by atomic mass is 9.56. The molecule has 2 N–H and O–H groups in total. The van der Waals surface area contributed by atoms with E-state index in [0.717, 1.165) is 0 Å². The van der Waals surface area contributed by atoms with Crippen molar-refractivity contribution in [3.63, 3.8) is 0 Å². The lowest BCUT2D eigenvalue weighted by Crippen LogP contribution is -2.76. The SMILES string of the molecule is CCOC(=O)[C@@H]1CCC(=O)[C@@]2(O)C(=O)c3c(OC)cccc3C(=O)[C@@]12O. The first-order chi connectivity index (χ1) is 12.2. The second-order valence-corrected chi connectivity index (χ2v) is 6.28. The van der Waals surface area contributed by atoms with E-state index in [1.54, 1.807) is 0 Å². The van der Waals surface area contributed by atoms with Gasteiger partial charge in [-0.15, -0.1) is 0 Å². The molecule has 26 heavy (non-hydrogen) atoms. The Morgan fingerprint density at radius 2 is 1.92 bits per heavy atom. The largest absolute Gasteiger partial charge is 0.496 e. The van der Waals surface area contributed by atoms with Gasteiger partial charge in [-0.25, -0.2) is 0 Å². The summed E-state index contributed by atoms with van der Waals surface area (Å²) >= 11 is 0. The Kier molecular flexibility index (Phi) is 4.20. The van der Waals surface area contributed by atoms with Crippen molar-refractivity contribution in [2.75, 3.05) is 13.7 Å². The van der Waals surface area contributed by atoms with Gasteiger partial charge in [0.05, 0.1) is 25.2 Å². The zero-order chi connectivity index (χ0) is 19.3. The first kappa shape index (κ1) is 18.2. The fourth-order valence-corrected chi connectivity index (χ4v) is 3.79. The molecule has 8 heteroatoms. The molecule has 0 unspecified atom stereocenters. The highest BCUT2D eigenvalue weighted by Gasteiger charge is 2.73. The number of ketones is 3. The van der Waals surface area contributed by atoms with Gasteiger partial charge in [0.15, 0.2) is 17.2 Å². The number of rotatable bonds is 3. The molecule has 138 valence electrons. The molecule has 0 amide bonds. The average Bonchev–Trinajstić information content (AvgIpc) is 2.63. The molecule has 1 saturated carbocycles. The van der Waals surface area contributed by atoms with Crippen LogP contribution in [0.4, 0.5) is 0 Å². The van der Waals surface area contributed by atoms with Crippen molar-refractivity contribution >= 4 is 23.3 Å². The van der Waals surface area contributed by atoms with Crippen LogP contribution in [0, 0.1) is 5.92 Å². The third-order valence-electron chi connectivity index (χ3n) is 5.08. The van der Waals surface area contributed by atoms with Crippen molar-refractivity contribution in [2.45, 2.75) is 31.0 Å². The van der Waals surface area contributed by atoms with Crippen LogP contribution in [0.3, 0.4) is 0 Å². The van der Waals surface area contributed by atoms with Crippen LogP contribution < -0.4 is 4.74 Å². The minimum Gasteiger partial charge on any atom is -0.496 e. The molecule has 0 bridgehead atoms. The van der Waals surface area contributed by atoms with Crippen molar-refractivity contribution < 1.29 is 38.9 Å². The summed E-state index contributed by atoms with van der Waals surface area (Å²) in [6, 6.07) is 4.10. The molecular formula is C18H18O8. The number of fused-ring (bicyclic) bond motifs is 2. The Hall–Kier alpha value is -2.58. The molecule has 2 aliphatic rings. The van der Waals surface area contributed by atoms with Crippen LogP contribution in [0.1, 0.15) is 40.5 Å². The number of Topliss-reactive ketones (excluding diaryl/α,β-unsaturated/α-hetero) is 3. The molecule has 0 heterocycles. The lowest BCUT2D eigenvalue weighted by Gasteiger charge is -2.49. The first-order valence-corrected chi connectivity index (χ1v) is 8.16. The number of aliphatic hydroxyl groups is 2. The molecule has 1 aromatic carbocycles. The maximum atomic E-state index is 13.1. The Morgan fingerprint density at radius 1 is 1.23 bits per heavy atom. The summed E-state index contributed by atoms with van der Waals surface area (Å²) in [5, 5.41) is 22.1. The lowest BCUT2D eigenvalue weighted by molar-refractivity contribution is -0.185. The zero-order valence-electron chi connectivity index (χ0n) is 14.3. The maximum absolute atomic E-state index is 13.1. The Balaban J connectivity index is 2.30. The Bertz CT molecular complexity index is 828. The quantitative estimate of drug-likeness (QED) is 0.572. The predicted molar refractivity (Wildman–Crippen MR) is 85.9 cm³/mol. The molecule has 2 aliphatic carbocycles.